The van der Waals surface area contributed by atoms with Crippen molar-refractivity contribution < 1.29 is 9.59 Å². The minimum Gasteiger partial charge on any atom is -0.271 e. The SMILES string of the molecule is O=C1N=c2ccccc2=NC(=O)C1c1ccccc1. The lowest BCUT2D eigenvalue weighted by Gasteiger charge is -2.07. The molecule has 0 bridgehead atoms. The first-order valence-corrected chi connectivity index (χ1v) is 5.91. The normalized spacial score (nSPS) is 15.2. The third-order valence-corrected chi connectivity index (χ3v) is 2.97. The fourth-order valence-electron chi connectivity index (χ4n) is 2.06. The number of benzene rings is 2. The smallest absolute Gasteiger partial charge is 0.263 e. The van der Waals surface area contributed by atoms with Gasteiger partial charge in [0.05, 0.1) is 10.7 Å². The molecule has 0 radical (unpaired) electrons. The van der Waals surface area contributed by atoms with Gasteiger partial charge in [0.1, 0.15) is 5.92 Å². The molecule has 0 aromatic heterocycles. The highest BCUT2D eigenvalue weighted by atomic mass is 16.2. The lowest BCUT2D eigenvalue weighted by atomic mass is 9.98. The molecule has 2 aromatic rings. The summed E-state index contributed by atoms with van der Waals surface area (Å²) in [7, 11) is 0. The van der Waals surface area contributed by atoms with Crippen molar-refractivity contribution in [3.8, 4) is 0 Å². The van der Waals surface area contributed by atoms with Gasteiger partial charge in [-0.1, -0.05) is 42.5 Å². The number of fused-ring (bicyclic) bond motifs is 1. The van der Waals surface area contributed by atoms with Gasteiger partial charge in [0, 0.05) is 0 Å². The predicted molar refractivity (Wildman–Crippen MR) is 68.0 cm³/mol. The third-order valence-electron chi connectivity index (χ3n) is 2.97. The van der Waals surface area contributed by atoms with Crippen LogP contribution in [0.4, 0.5) is 0 Å². The fraction of sp³-hybridized carbons (Fsp3) is 0.0667. The van der Waals surface area contributed by atoms with Gasteiger partial charge >= 0.3 is 0 Å². The quantitative estimate of drug-likeness (QED) is 0.702. The zero-order chi connectivity index (χ0) is 13.2. The van der Waals surface area contributed by atoms with Gasteiger partial charge in [0.25, 0.3) is 11.8 Å². The number of amides is 2. The Morgan fingerprint density at radius 2 is 1.16 bits per heavy atom. The molecule has 0 saturated carbocycles. The number of hydrogen-bond donors (Lipinski definition) is 0. The van der Waals surface area contributed by atoms with E-state index in [9.17, 15) is 9.59 Å². The van der Waals surface area contributed by atoms with E-state index >= 15 is 0 Å². The zero-order valence-corrected chi connectivity index (χ0v) is 9.98. The summed E-state index contributed by atoms with van der Waals surface area (Å²) in [5.74, 6) is -1.87. The van der Waals surface area contributed by atoms with Crippen molar-refractivity contribution in [1.29, 1.82) is 0 Å². The van der Waals surface area contributed by atoms with Gasteiger partial charge < -0.3 is 0 Å². The summed E-state index contributed by atoms with van der Waals surface area (Å²) in [5.41, 5.74) is 0.623. The molecule has 0 N–H and O–H groups in total. The Hall–Kier alpha value is -2.62. The Bertz CT molecular complexity index is 719. The third kappa shape index (κ3) is 2.08. The number of rotatable bonds is 1. The second kappa shape index (κ2) is 4.57. The molecular formula is C15H10N2O2. The van der Waals surface area contributed by atoms with Crippen LogP contribution in [0.25, 0.3) is 0 Å². The Balaban J connectivity index is 2.20. The highest BCUT2D eigenvalue weighted by Gasteiger charge is 2.29. The van der Waals surface area contributed by atoms with Crippen molar-refractivity contribution in [1.82, 2.24) is 0 Å². The van der Waals surface area contributed by atoms with Gasteiger partial charge in [-0.05, 0) is 17.7 Å². The summed E-state index contributed by atoms with van der Waals surface area (Å²) in [6.07, 6.45) is 0. The summed E-state index contributed by atoms with van der Waals surface area (Å²) in [4.78, 5) is 32.3. The van der Waals surface area contributed by atoms with Crippen LogP contribution in [0.5, 0.6) is 0 Å². The summed E-state index contributed by atoms with van der Waals surface area (Å²) in [5, 5.41) is 0.888. The average Bonchev–Trinajstić information content (AvgIpc) is 2.54. The van der Waals surface area contributed by atoms with E-state index in [1.54, 1.807) is 48.5 Å². The van der Waals surface area contributed by atoms with Crippen molar-refractivity contribution in [2.75, 3.05) is 0 Å². The molecule has 0 atom stereocenters. The summed E-state index contributed by atoms with van der Waals surface area (Å²) in [6.45, 7) is 0. The van der Waals surface area contributed by atoms with Crippen LogP contribution in [0, 0.1) is 0 Å². The predicted octanol–water partition coefficient (Wildman–Crippen LogP) is 0.776. The van der Waals surface area contributed by atoms with E-state index in [-0.39, 0.29) is 0 Å². The number of carbonyl (C=O) groups is 2. The van der Waals surface area contributed by atoms with Crippen LogP contribution in [0.2, 0.25) is 0 Å². The van der Waals surface area contributed by atoms with Gasteiger partial charge in [0.15, 0.2) is 0 Å². The first kappa shape index (κ1) is 11.5. The Kier molecular flexibility index (Phi) is 2.76. The Morgan fingerprint density at radius 1 is 0.684 bits per heavy atom. The monoisotopic (exact) mass is 250 g/mol. The first-order valence-electron chi connectivity index (χ1n) is 5.91. The van der Waals surface area contributed by atoms with E-state index < -0.39 is 17.7 Å². The average molecular weight is 250 g/mol. The van der Waals surface area contributed by atoms with Gasteiger partial charge in [-0.15, -0.1) is 0 Å². The van der Waals surface area contributed by atoms with Crippen molar-refractivity contribution in [3.63, 3.8) is 0 Å². The maximum Gasteiger partial charge on any atom is 0.263 e. The van der Waals surface area contributed by atoms with Crippen molar-refractivity contribution >= 4 is 11.8 Å². The van der Waals surface area contributed by atoms with Crippen molar-refractivity contribution in [3.05, 3.63) is 70.9 Å². The number of nitrogens with zero attached hydrogens (tertiary/aromatic N) is 2. The molecule has 0 fully saturated rings. The Labute approximate surface area is 109 Å². The molecule has 0 unspecified atom stereocenters. The number of hydrogen-bond acceptors (Lipinski definition) is 2. The van der Waals surface area contributed by atoms with Crippen molar-refractivity contribution in [2.24, 2.45) is 9.98 Å². The molecule has 2 amide bonds. The van der Waals surface area contributed by atoms with Crippen LogP contribution in [-0.4, -0.2) is 11.8 Å². The Morgan fingerprint density at radius 3 is 1.68 bits per heavy atom. The molecule has 19 heavy (non-hydrogen) atoms. The molecule has 4 heteroatoms. The van der Waals surface area contributed by atoms with E-state index in [0.29, 0.717) is 16.3 Å². The highest BCUT2D eigenvalue weighted by Crippen LogP contribution is 2.19. The van der Waals surface area contributed by atoms with Crippen LogP contribution < -0.4 is 10.7 Å². The lowest BCUT2D eigenvalue weighted by Crippen LogP contribution is -2.24. The molecule has 92 valence electrons. The van der Waals surface area contributed by atoms with Gasteiger partial charge in [-0.25, -0.2) is 9.98 Å². The minimum atomic E-state index is -0.936. The lowest BCUT2D eigenvalue weighted by molar-refractivity contribution is -0.127. The van der Waals surface area contributed by atoms with Crippen molar-refractivity contribution in [2.45, 2.75) is 5.92 Å². The first-order chi connectivity index (χ1) is 9.25. The number of para-hydroxylation sites is 2. The highest BCUT2D eigenvalue weighted by molar-refractivity contribution is 6.06. The molecule has 0 aliphatic carbocycles. The van der Waals surface area contributed by atoms with E-state index in [1.165, 1.54) is 0 Å². The summed E-state index contributed by atoms with van der Waals surface area (Å²) < 4.78 is 0. The van der Waals surface area contributed by atoms with Crippen LogP contribution >= 0.6 is 0 Å². The summed E-state index contributed by atoms with van der Waals surface area (Å²) in [6, 6.07) is 15.8. The molecular weight excluding hydrogens is 240 g/mol. The molecule has 1 aliphatic rings. The van der Waals surface area contributed by atoms with E-state index in [1.807, 2.05) is 6.07 Å². The fourth-order valence-corrected chi connectivity index (χ4v) is 2.06. The van der Waals surface area contributed by atoms with E-state index in [2.05, 4.69) is 9.98 Å². The maximum absolute atomic E-state index is 12.1. The van der Waals surface area contributed by atoms with Crippen LogP contribution in [0.1, 0.15) is 11.5 Å². The molecule has 4 nitrogen and oxygen atoms in total. The maximum atomic E-state index is 12.1. The van der Waals surface area contributed by atoms with Gasteiger partial charge in [-0.3, -0.25) is 9.59 Å². The second-order valence-electron chi connectivity index (χ2n) is 4.23. The second-order valence-corrected chi connectivity index (χ2v) is 4.23. The molecule has 1 aliphatic heterocycles. The number of carbonyl (C=O) groups excluding carboxylic acids is 2. The van der Waals surface area contributed by atoms with E-state index in [0.717, 1.165) is 0 Å². The molecule has 2 aromatic carbocycles. The summed E-state index contributed by atoms with van der Waals surface area (Å²) >= 11 is 0. The minimum absolute atomic E-state index is 0.444. The molecule has 3 rings (SSSR count). The van der Waals surface area contributed by atoms with Crippen LogP contribution in [0.3, 0.4) is 0 Å². The molecule has 1 heterocycles. The largest absolute Gasteiger partial charge is 0.271 e. The molecule has 0 spiro atoms. The molecule has 0 saturated heterocycles. The topological polar surface area (TPSA) is 58.9 Å². The standard InChI is InChI=1S/C15H10N2O2/c18-14-13(10-6-2-1-3-7-10)15(19)17-12-9-5-4-8-11(12)16-14/h1-9,13H. The zero-order valence-electron chi connectivity index (χ0n) is 9.98. The van der Waals surface area contributed by atoms with Crippen LogP contribution in [-0.2, 0) is 9.59 Å². The van der Waals surface area contributed by atoms with Gasteiger partial charge in [0.2, 0.25) is 0 Å². The van der Waals surface area contributed by atoms with Crippen LogP contribution in [0.15, 0.2) is 64.6 Å². The van der Waals surface area contributed by atoms with Gasteiger partial charge in [-0.2, -0.15) is 0 Å². The van der Waals surface area contributed by atoms with E-state index in [4.69, 9.17) is 0 Å².